The van der Waals surface area contributed by atoms with Gasteiger partial charge in [-0.05, 0) is 26.7 Å². The number of hydrogen-bond acceptors (Lipinski definition) is 4. The highest BCUT2D eigenvalue weighted by atomic mass is 16.3. The number of aliphatic hydroxyl groups is 1. The molecule has 0 bridgehead atoms. The van der Waals surface area contributed by atoms with Crippen LogP contribution in [0.4, 0.5) is 0 Å². The number of hydrogen-bond donors (Lipinski definition) is 2. The van der Waals surface area contributed by atoms with Crippen LogP contribution in [0.5, 0.6) is 0 Å². The molecule has 0 radical (unpaired) electrons. The number of nitriles is 1. The Balaban J connectivity index is 2.55. The summed E-state index contributed by atoms with van der Waals surface area (Å²) in [6.07, 6.45) is 4.63. The van der Waals surface area contributed by atoms with Crippen LogP contribution in [0, 0.1) is 11.3 Å². The molecule has 0 aromatic rings. The van der Waals surface area contributed by atoms with Crippen LogP contribution >= 0.6 is 0 Å². The molecule has 0 heterocycles. The first-order chi connectivity index (χ1) is 9.03. The molecule has 0 aliphatic heterocycles. The van der Waals surface area contributed by atoms with Gasteiger partial charge in [0.25, 0.3) is 0 Å². The van der Waals surface area contributed by atoms with E-state index >= 15 is 0 Å². The van der Waals surface area contributed by atoms with Crippen molar-refractivity contribution in [1.82, 2.24) is 10.2 Å². The van der Waals surface area contributed by atoms with Gasteiger partial charge in [0.2, 0.25) is 5.91 Å². The Morgan fingerprint density at radius 2 is 2.05 bits per heavy atom. The molecule has 1 amide bonds. The first-order valence-corrected chi connectivity index (χ1v) is 7.10. The van der Waals surface area contributed by atoms with E-state index < -0.39 is 5.54 Å². The fraction of sp³-hybridized carbons (Fsp3) is 0.857. The molecule has 1 fully saturated rings. The number of amides is 1. The second-order valence-electron chi connectivity index (χ2n) is 5.59. The van der Waals surface area contributed by atoms with Crippen LogP contribution in [-0.2, 0) is 4.79 Å². The molecule has 5 heteroatoms. The highest BCUT2D eigenvalue weighted by molar-refractivity contribution is 5.79. The van der Waals surface area contributed by atoms with Gasteiger partial charge in [-0.2, -0.15) is 5.26 Å². The Bertz CT molecular complexity index is 330. The molecule has 1 aliphatic carbocycles. The van der Waals surface area contributed by atoms with Crippen molar-refractivity contribution in [2.24, 2.45) is 0 Å². The third kappa shape index (κ3) is 4.81. The summed E-state index contributed by atoms with van der Waals surface area (Å²) in [6.45, 7) is 4.73. The summed E-state index contributed by atoms with van der Waals surface area (Å²) in [7, 11) is 0. The Morgan fingerprint density at radius 3 is 2.53 bits per heavy atom. The van der Waals surface area contributed by atoms with Crippen molar-refractivity contribution < 1.29 is 9.90 Å². The van der Waals surface area contributed by atoms with E-state index in [0.29, 0.717) is 6.54 Å². The molecule has 0 aromatic heterocycles. The lowest BCUT2D eigenvalue weighted by Crippen LogP contribution is -2.52. The fourth-order valence-corrected chi connectivity index (χ4v) is 2.56. The molecule has 108 valence electrons. The predicted molar refractivity (Wildman–Crippen MR) is 73.4 cm³/mol. The molecule has 2 N–H and O–H groups in total. The minimum atomic E-state index is -0.669. The third-order valence-electron chi connectivity index (χ3n) is 3.76. The van der Waals surface area contributed by atoms with Gasteiger partial charge >= 0.3 is 0 Å². The van der Waals surface area contributed by atoms with Gasteiger partial charge in [-0.15, -0.1) is 0 Å². The smallest absolute Gasteiger partial charge is 0.235 e. The molecule has 0 saturated heterocycles. The van der Waals surface area contributed by atoms with Gasteiger partial charge in [0.15, 0.2) is 0 Å². The summed E-state index contributed by atoms with van der Waals surface area (Å²) < 4.78 is 0. The number of rotatable bonds is 6. The molecule has 1 saturated carbocycles. The van der Waals surface area contributed by atoms with E-state index in [4.69, 9.17) is 5.11 Å². The van der Waals surface area contributed by atoms with E-state index in [1.165, 1.54) is 0 Å². The minimum absolute atomic E-state index is 0.0366. The second-order valence-corrected chi connectivity index (χ2v) is 5.59. The number of aliphatic hydroxyl groups excluding tert-OH is 1. The van der Waals surface area contributed by atoms with Gasteiger partial charge in [0.05, 0.1) is 19.2 Å². The quantitative estimate of drug-likeness (QED) is 0.753. The minimum Gasteiger partial charge on any atom is -0.395 e. The highest BCUT2D eigenvalue weighted by Gasteiger charge is 2.33. The summed E-state index contributed by atoms with van der Waals surface area (Å²) in [5, 5.41) is 21.2. The molecule has 5 nitrogen and oxygen atoms in total. The molecule has 0 aromatic carbocycles. The highest BCUT2D eigenvalue weighted by Crippen LogP contribution is 2.27. The standard InChI is InChI=1S/C14H25N3O2/c1-12(2)17(8-9-18)10-13(19)16-14(11-15)6-4-3-5-7-14/h12,18H,3-10H2,1-2H3,(H,16,19). The lowest BCUT2D eigenvalue weighted by Gasteiger charge is -2.33. The molecule has 1 aliphatic rings. The van der Waals surface area contributed by atoms with Crippen molar-refractivity contribution >= 4 is 5.91 Å². The molecule has 0 unspecified atom stereocenters. The molecule has 19 heavy (non-hydrogen) atoms. The first kappa shape index (κ1) is 15.9. The van der Waals surface area contributed by atoms with Crippen LogP contribution in [-0.4, -0.2) is 47.2 Å². The van der Waals surface area contributed by atoms with Gasteiger partial charge in [-0.1, -0.05) is 19.3 Å². The van der Waals surface area contributed by atoms with Gasteiger partial charge in [0.1, 0.15) is 5.54 Å². The molecule has 0 atom stereocenters. The van der Waals surface area contributed by atoms with Crippen molar-refractivity contribution in [2.75, 3.05) is 19.7 Å². The van der Waals surface area contributed by atoms with E-state index in [2.05, 4.69) is 11.4 Å². The zero-order valence-electron chi connectivity index (χ0n) is 12.0. The van der Waals surface area contributed by atoms with Crippen LogP contribution in [0.15, 0.2) is 0 Å². The fourth-order valence-electron chi connectivity index (χ4n) is 2.56. The predicted octanol–water partition coefficient (Wildman–Crippen LogP) is 1.03. The van der Waals surface area contributed by atoms with Gasteiger partial charge in [0, 0.05) is 12.6 Å². The lowest BCUT2D eigenvalue weighted by atomic mass is 9.83. The van der Waals surface area contributed by atoms with E-state index in [-0.39, 0.29) is 25.1 Å². The zero-order chi connectivity index (χ0) is 14.3. The monoisotopic (exact) mass is 267 g/mol. The Hall–Kier alpha value is -1.12. The van der Waals surface area contributed by atoms with Crippen molar-refractivity contribution in [3.63, 3.8) is 0 Å². The zero-order valence-corrected chi connectivity index (χ0v) is 12.0. The summed E-state index contributed by atoms with van der Waals surface area (Å²) >= 11 is 0. The summed E-state index contributed by atoms with van der Waals surface area (Å²) in [5.74, 6) is -0.120. The average molecular weight is 267 g/mol. The Labute approximate surface area is 115 Å². The van der Waals surface area contributed by atoms with Crippen molar-refractivity contribution in [3.05, 3.63) is 0 Å². The summed E-state index contributed by atoms with van der Waals surface area (Å²) in [4.78, 5) is 14.0. The molecule has 1 rings (SSSR count). The van der Waals surface area contributed by atoms with Crippen LogP contribution in [0.25, 0.3) is 0 Å². The number of carbonyl (C=O) groups excluding carboxylic acids is 1. The number of carbonyl (C=O) groups is 1. The first-order valence-electron chi connectivity index (χ1n) is 7.10. The molecule has 0 spiro atoms. The van der Waals surface area contributed by atoms with E-state index in [9.17, 15) is 10.1 Å². The SMILES string of the molecule is CC(C)N(CCO)CC(=O)NC1(C#N)CCCCC1. The number of nitrogens with one attached hydrogen (secondary N) is 1. The van der Waals surface area contributed by atoms with Crippen LogP contribution in [0.2, 0.25) is 0 Å². The van der Waals surface area contributed by atoms with Crippen LogP contribution < -0.4 is 5.32 Å². The molecular formula is C14H25N3O2. The summed E-state index contributed by atoms with van der Waals surface area (Å²) in [5.41, 5.74) is -0.669. The Morgan fingerprint density at radius 1 is 1.42 bits per heavy atom. The lowest BCUT2D eigenvalue weighted by molar-refractivity contribution is -0.124. The second kappa shape index (κ2) is 7.46. The van der Waals surface area contributed by atoms with Crippen molar-refractivity contribution in [3.8, 4) is 6.07 Å². The Kier molecular flexibility index (Phi) is 6.26. The topological polar surface area (TPSA) is 76.4 Å². The maximum atomic E-state index is 12.1. The van der Waals surface area contributed by atoms with Crippen LogP contribution in [0.3, 0.4) is 0 Å². The van der Waals surface area contributed by atoms with E-state index in [1.807, 2.05) is 18.7 Å². The van der Waals surface area contributed by atoms with Gasteiger partial charge < -0.3 is 10.4 Å². The van der Waals surface area contributed by atoms with Crippen molar-refractivity contribution in [1.29, 1.82) is 5.26 Å². The number of nitrogens with zero attached hydrogens (tertiary/aromatic N) is 2. The van der Waals surface area contributed by atoms with Gasteiger partial charge in [-0.25, -0.2) is 0 Å². The van der Waals surface area contributed by atoms with Crippen molar-refractivity contribution in [2.45, 2.75) is 57.5 Å². The average Bonchev–Trinajstić information content (AvgIpc) is 2.39. The third-order valence-corrected chi connectivity index (χ3v) is 3.76. The maximum absolute atomic E-state index is 12.1. The largest absolute Gasteiger partial charge is 0.395 e. The summed E-state index contributed by atoms with van der Waals surface area (Å²) in [6, 6.07) is 2.48. The van der Waals surface area contributed by atoms with Gasteiger partial charge in [-0.3, -0.25) is 9.69 Å². The molecular weight excluding hydrogens is 242 g/mol. The maximum Gasteiger partial charge on any atom is 0.235 e. The van der Waals surface area contributed by atoms with Crippen LogP contribution in [0.1, 0.15) is 46.0 Å². The normalized spacial score (nSPS) is 18.3. The van der Waals surface area contributed by atoms with E-state index in [0.717, 1.165) is 32.1 Å². The van der Waals surface area contributed by atoms with E-state index in [1.54, 1.807) is 0 Å².